The fourth-order valence-corrected chi connectivity index (χ4v) is 2.74. The highest BCUT2D eigenvalue weighted by Gasteiger charge is 2.17. The second-order valence-electron chi connectivity index (χ2n) is 5.39. The molecule has 0 saturated carbocycles. The van der Waals surface area contributed by atoms with Gasteiger partial charge in [-0.25, -0.2) is 0 Å². The van der Waals surface area contributed by atoms with Crippen LogP contribution in [0.4, 0.5) is 0 Å². The molecule has 0 bridgehead atoms. The Hall–Kier alpha value is -1.71. The number of ketones is 1. The second-order valence-corrected chi connectivity index (χ2v) is 5.82. The first-order valence-electron chi connectivity index (χ1n) is 7.17. The number of halogens is 1. The van der Waals surface area contributed by atoms with Crippen LogP contribution in [0.1, 0.15) is 34.0 Å². The van der Waals surface area contributed by atoms with Crippen molar-refractivity contribution in [3.8, 4) is 0 Å². The number of pyridine rings is 1. The Balaban J connectivity index is 1.67. The molecule has 21 heavy (non-hydrogen) atoms. The van der Waals surface area contributed by atoms with Gasteiger partial charge in [0, 0.05) is 41.4 Å². The number of Topliss-reactive ketones (excluding diaryl/α,β-unsaturated/α-hetero) is 1. The number of nitrogens with one attached hydrogen (secondary N) is 1. The first-order chi connectivity index (χ1) is 10.2. The van der Waals surface area contributed by atoms with Crippen molar-refractivity contribution in [3.05, 3.63) is 64.4 Å². The molecule has 3 nitrogen and oxygen atoms in total. The van der Waals surface area contributed by atoms with E-state index in [2.05, 4.69) is 10.3 Å². The maximum Gasteiger partial charge on any atom is 0.167 e. The fourth-order valence-electron chi connectivity index (χ4n) is 2.61. The van der Waals surface area contributed by atoms with E-state index >= 15 is 0 Å². The minimum absolute atomic E-state index is 0.0868. The number of benzene rings is 1. The number of aromatic nitrogens is 1. The highest BCUT2D eigenvalue weighted by atomic mass is 35.5. The summed E-state index contributed by atoms with van der Waals surface area (Å²) >= 11 is 5.83. The molecule has 2 aromatic rings. The topological polar surface area (TPSA) is 42.0 Å². The van der Waals surface area contributed by atoms with Crippen molar-refractivity contribution in [1.29, 1.82) is 0 Å². The van der Waals surface area contributed by atoms with Crippen molar-refractivity contribution in [1.82, 2.24) is 10.3 Å². The molecule has 1 aliphatic rings. The first-order valence-corrected chi connectivity index (χ1v) is 7.54. The summed E-state index contributed by atoms with van der Waals surface area (Å²) in [7, 11) is 0. The molecule has 2 heterocycles. The Morgan fingerprint density at radius 3 is 2.67 bits per heavy atom. The van der Waals surface area contributed by atoms with Crippen LogP contribution in [0.5, 0.6) is 0 Å². The smallest absolute Gasteiger partial charge is 0.167 e. The van der Waals surface area contributed by atoms with Gasteiger partial charge in [0.1, 0.15) is 0 Å². The summed E-state index contributed by atoms with van der Waals surface area (Å²) in [5.41, 5.74) is 2.75. The molecule has 1 unspecified atom stereocenters. The average Bonchev–Trinajstić information content (AvgIpc) is 3.03. The van der Waals surface area contributed by atoms with Crippen molar-refractivity contribution in [2.75, 3.05) is 13.1 Å². The lowest BCUT2D eigenvalue weighted by Crippen LogP contribution is -2.09. The van der Waals surface area contributed by atoms with Gasteiger partial charge >= 0.3 is 0 Å². The van der Waals surface area contributed by atoms with Crippen molar-refractivity contribution in [2.45, 2.75) is 18.8 Å². The lowest BCUT2D eigenvalue weighted by Gasteiger charge is -2.08. The summed E-state index contributed by atoms with van der Waals surface area (Å²) in [4.78, 5) is 16.7. The Morgan fingerprint density at radius 1 is 1.24 bits per heavy atom. The predicted molar refractivity (Wildman–Crippen MR) is 84.0 cm³/mol. The van der Waals surface area contributed by atoms with Gasteiger partial charge in [-0.1, -0.05) is 17.7 Å². The molecule has 0 amide bonds. The van der Waals surface area contributed by atoms with E-state index in [0.29, 0.717) is 22.9 Å². The van der Waals surface area contributed by atoms with Gasteiger partial charge in [0.15, 0.2) is 5.78 Å². The van der Waals surface area contributed by atoms with Gasteiger partial charge in [-0.2, -0.15) is 0 Å². The van der Waals surface area contributed by atoms with Crippen LogP contribution in [0.25, 0.3) is 0 Å². The van der Waals surface area contributed by atoms with Crippen LogP contribution < -0.4 is 5.32 Å². The molecule has 0 radical (unpaired) electrons. The van der Waals surface area contributed by atoms with E-state index in [1.54, 1.807) is 24.3 Å². The van der Waals surface area contributed by atoms with E-state index < -0.39 is 0 Å². The Labute approximate surface area is 129 Å². The van der Waals surface area contributed by atoms with Gasteiger partial charge < -0.3 is 5.32 Å². The van der Waals surface area contributed by atoms with E-state index in [-0.39, 0.29) is 5.78 Å². The third-order valence-corrected chi connectivity index (χ3v) is 4.11. The zero-order chi connectivity index (χ0) is 14.7. The van der Waals surface area contributed by atoms with Crippen molar-refractivity contribution < 1.29 is 4.79 Å². The van der Waals surface area contributed by atoms with E-state index in [9.17, 15) is 4.79 Å². The highest BCUT2D eigenvalue weighted by Crippen LogP contribution is 2.20. The fraction of sp³-hybridized carbons (Fsp3) is 0.294. The number of rotatable bonds is 4. The van der Waals surface area contributed by atoms with Crippen LogP contribution in [0.3, 0.4) is 0 Å². The first kappa shape index (κ1) is 14.2. The Morgan fingerprint density at radius 2 is 2.05 bits per heavy atom. The molecule has 0 aliphatic carbocycles. The van der Waals surface area contributed by atoms with Crippen LogP contribution in [-0.2, 0) is 6.42 Å². The lowest BCUT2D eigenvalue weighted by atomic mass is 10.0. The molecule has 1 aromatic carbocycles. The molecular weight excluding hydrogens is 284 g/mol. The van der Waals surface area contributed by atoms with Gasteiger partial charge in [0.25, 0.3) is 0 Å². The predicted octanol–water partition coefficient (Wildman–Crippen LogP) is 3.24. The third kappa shape index (κ3) is 3.49. The quantitative estimate of drug-likeness (QED) is 0.882. The molecular formula is C17H17ClN2O. The second kappa shape index (κ2) is 6.37. The number of nitrogens with zero attached hydrogens (tertiary/aromatic N) is 1. The monoisotopic (exact) mass is 300 g/mol. The molecule has 108 valence electrons. The largest absolute Gasteiger partial charge is 0.316 e. The summed E-state index contributed by atoms with van der Waals surface area (Å²) in [5.74, 6) is 0.592. The van der Waals surface area contributed by atoms with E-state index in [4.69, 9.17) is 11.6 Å². The summed E-state index contributed by atoms with van der Waals surface area (Å²) in [6.45, 7) is 2.05. The van der Waals surface area contributed by atoms with Crippen LogP contribution >= 0.6 is 11.6 Å². The molecule has 1 N–H and O–H groups in total. The molecule has 0 spiro atoms. The van der Waals surface area contributed by atoms with Crippen LogP contribution in [0.2, 0.25) is 5.02 Å². The lowest BCUT2D eigenvalue weighted by molar-refractivity contribution is 0.0993. The molecule has 1 fully saturated rings. The number of carbonyl (C=O) groups excluding carboxylic acids is 1. The average molecular weight is 301 g/mol. The van der Waals surface area contributed by atoms with Crippen LogP contribution in [0, 0.1) is 0 Å². The standard InChI is InChI=1S/C17H17ClN2O/c18-15-4-2-13(3-5-15)17(21)9-12-1-6-16(20-10-12)14-7-8-19-11-14/h1-6,10,14,19H,7-9,11H2. The highest BCUT2D eigenvalue weighted by molar-refractivity contribution is 6.30. The maximum atomic E-state index is 12.2. The minimum atomic E-state index is 0.0868. The van der Waals surface area contributed by atoms with Crippen molar-refractivity contribution in [3.63, 3.8) is 0 Å². The maximum absolute atomic E-state index is 12.2. The molecule has 1 saturated heterocycles. The minimum Gasteiger partial charge on any atom is -0.316 e. The molecule has 1 aliphatic heterocycles. The van der Waals surface area contributed by atoms with Gasteiger partial charge in [-0.3, -0.25) is 9.78 Å². The summed E-state index contributed by atoms with van der Waals surface area (Å²) < 4.78 is 0. The van der Waals surface area contributed by atoms with E-state index in [1.807, 2.05) is 18.3 Å². The summed E-state index contributed by atoms with van der Waals surface area (Å²) in [5, 5.41) is 3.98. The summed E-state index contributed by atoms with van der Waals surface area (Å²) in [6.07, 6.45) is 3.33. The van der Waals surface area contributed by atoms with Crippen LogP contribution in [-0.4, -0.2) is 23.9 Å². The molecule has 4 heteroatoms. The zero-order valence-electron chi connectivity index (χ0n) is 11.7. The Kier molecular flexibility index (Phi) is 4.32. The molecule has 3 rings (SSSR count). The molecule has 1 atom stereocenters. The van der Waals surface area contributed by atoms with E-state index in [0.717, 1.165) is 30.8 Å². The molecule has 1 aromatic heterocycles. The third-order valence-electron chi connectivity index (χ3n) is 3.86. The normalized spacial score (nSPS) is 17.9. The van der Waals surface area contributed by atoms with Crippen LogP contribution in [0.15, 0.2) is 42.6 Å². The summed E-state index contributed by atoms with van der Waals surface area (Å²) in [6, 6.07) is 11.1. The SMILES string of the molecule is O=C(Cc1ccc(C2CCNC2)nc1)c1ccc(Cl)cc1. The van der Waals surface area contributed by atoms with E-state index in [1.165, 1.54) is 0 Å². The van der Waals surface area contributed by atoms with Crippen molar-refractivity contribution in [2.24, 2.45) is 0 Å². The zero-order valence-corrected chi connectivity index (χ0v) is 12.4. The van der Waals surface area contributed by atoms with Crippen molar-refractivity contribution >= 4 is 17.4 Å². The number of hydrogen-bond acceptors (Lipinski definition) is 3. The van der Waals surface area contributed by atoms with Gasteiger partial charge in [-0.05, 0) is 48.9 Å². The number of hydrogen-bond donors (Lipinski definition) is 1. The van der Waals surface area contributed by atoms with Gasteiger partial charge in [0.2, 0.25) is 0 Å². The van der Waals surface area contributed by atoms with Gasteiger partial charge in [0.05, 0.1) is 0 Å². The number of carbonyl (C=O) groups is 1. The Bertz CT molecular complexity index is 616. The van der Waals surface area contributed by atoms with Gasteiger partial charge in [-0.15, -0.1) is 0 Å².